The third-order valence-corrected chi connectivity index (χ3v) is 4.89. The maximum atomic E-state index is 13.1. The van der Waals surface area contributed by atoms with Crippen LogP contribution in [0.25, 0.3) is 11.1 Å². The standard InChI is InChI=1S/C22H26N4O3/c1-6-26(7-2)22(28)15-9-8-10-16(11-15)23-20(27)17-12-18(13(3)4)24-21-19(17)14(5)25-29-21/h8-13H,6-7H2,1-5H3,(H,23,27). The molecule has 3 aromatic rings. The number of hydrogen-bond acceptors (Lipinski definition) is 5. The van der Waals surface area contributed by atoms with Gasteiger partial charge in [0.05, 0.1) is 16.6 Å². The van der Waals surface area contributed by atoms with Gasteiger partial charge in [-0.1, -0.05) is 25.1 Å². The minimum atomic E-state index is -0.293. The molecule has 0 atom stereocenters. The Bertz CT molecular complexity index is 1050. The van der Waals surface area contributed by atoms with Crippen LogP contribution in [0.2, 0.25) is 0 Å². The van der Waals surface area contributed by atoms with Gasteiger partial charge < -0.3 is 14.7 Å². The number of amides is 2. The summed E-state index contributed by atoms with van der Waals surface area (Å²) in [7, 11) is 0. The molecule has 2 heterocycles. The minimum absolute atomic E-state index is 0.0608. The molecule has 0 spiro atoms. The van der Waals surface area contributed by atoms with Crippen molar-refractivity contribution in [2.24, 2.45) is 0 Å². The summed E-state index contributed by atoms with van der Waals surface area (Å²) in [6.45, 7) is 10.9. The van der Waals surface area contributed by atoms with Gasteiger partial charge in [-0.15, -0.1) is 0 Å². The highest BCUT2D eigenvalue weighted by atomic mass is 16.5. The van der Waals surface area contributed by atoms with Gasteiger partial charge >= 0.3 is 0 Å². The molecule has 3 rings (SSSR count). The third kappa shape index (κ3) is 4.13. The van der Waals surface area contributed by atoms with E-state index >= 15 is 0 Å². The molecule has 2 amide bonds. The van der Waals surface area contributed by atoms with Crippen molar-refractivity contribution in [2.45, 2.75) is 40.5 Å². The first-order valence-electron chi connectivity index (χ1n) is 9.83. The van der Waals surface area contributed by atoms with Gasteiger partial charge in [-0.3, -0.25) is 9.59 Å². The van der Waals surface area contributed by atoms with Crippen LogP contribution in [-0.2, 0) is 0 Å². The molecule has 29 heavy (non-hydrogen) atoms. The lowest BCUT2D eigenvalue weighted by Gasteiger charge is -2.19. The van der Waals surface area contributed by atoms with E-state index in [2.05, 4.69) is 15.5 Å². The van der Waals surface area contributed by atoms with Crippen LogP contribution in [0.5, 0.6) is 0 Å². The predicted molar refractivity (Wildman–Crippen MR) is 112 cm³/mol. The Morgan fingerprint density at radius 2 is 1.90 bits per heavy atom. The van der Waals surface area contributed by atoms with Crippen LogP contribution >= 0.6 is 0 Å². The lowest BCUT2D eigenvalue weighted by atomic mass is 10.0. The van der Waals surface area contributed by atoms with Crippen LogP contribution in [0.3, 0.4) is 0 Å². The number of carbonyl (C=O) groups is 2. The molecule has 1 N–H and O–H groups in total. The SMILES string of the molecule is CCN(CC)C(=O)c1cccc(NC(=O)c2cc(C(C)C)nc3onc(C)c23)c1. The summed E-state index contributed by atoms with van der Waals surface area (Å²) in [5, 5.41) is 7.45. The number of aromatic nitrogens is 2. The van der Waals surface area contributed by atoms with Crippen molar-refractivity contribution in [3.05, 3.63) is 52.8 Å². The molecule has 0 aliphatic carbocycles. The van der Waals surface area contributed by atoms with Crippen molar-refractivity contribution in [1.82, 2.24) is 15.0 Å². The average molecular weight is 394 g/mol. The molecule has 0 aliphatic rings. The Kier molecular flexibility index (Phi) is 5.96. The monoisotopic (exact) mass is 394 g/mol. The van der Waals surface area contributed by atoms with Crippen LogP contribution in [0.15, 0.2) is 34.9 Å². The van der Waals surface area contributed by atoms with Gasteiger partial charge in [0.15, 0.2) is 0 Å². The van der Waals surface area contributed by atoms with Gasteiger partial charge in [0.2, 0.25) is 0 Å². The third-order valence-electron chi connectivity index (χ3n) is 4.89. The first-order valence-corrected chi connectivity index (χ1v) is 9.83. The number of fused-ring (bicyclic) bond motifs is 1. The van der Waals surface area contributed by atoms with Gasteiger partial charge in [-0.05, 0) is 51.0 Å². The zero-order chi connectivity index (χ0) is 21.1. The number of benzene rings is 1. The first kappa shape index (κ1) is 20.5. The Morgan fingerprint density at radius 3 is 2.55 bits per heavy atom. The van der Waals surface area contributed by atoms with E-state index in [0.717, 1.165) is 5.69 Å². The molecule has 2 aromatic heterocycles. The molecule has 0 aliphatic heterocycles. The molecule has 0 bridgehead atoms. The molecule has 1 aromatic carbocycles. The van der Waals surface area contributed by atoms with Crippen LogP contribution < -0.4 is 5.32 Å². The van der Waals surface area contributed by atoms with E-state index in [1.165, 1.54) is 0 Å². The maximum Gasteiger partial charge on any atom is 0.259 e. The molecule has 7 heteroatoms. The van der Waals surface area contributed by atoms with Gasteiger partial charge in [-0.2, -0.15) is 0 Å². The highest BCUT2D eigenvalue weighted by Crippen LogP contribution is 2.26. The van der Waals surface area contributed by atoms with E-state index in [4.69, 9.17) is 4.52 Å². The van der Waals surface area contributed by atoms with Crippen LogP contribution in [0.4, 0.5) is 5.69 Å². The minimum Gasteiger partial charge on any atom is -0.339 e. The summed E-state index contributed by atoms with van der Waals surface area (Å²) in [4.78, 5) is 31.9. The fourth-order valence-electron chi connectivity index (χ4n) is 3.21. The summed E-state index contributed by atoms with van der Waals surface area (Å²) in [5.41, 5.74) is 3.26. The number of rotatable bonds is 6. The van der Waals surface area contributed by atoms with Crippen molar-refractivity contribution >= 4 is 28.6 Å². The normalized spacial score (nSPS) is 11.1. The predicted octanol–water partition coefficient (Wildman–Crippen LogP) is 4.39. The van der Waals surface area contributed by atoms with Crippen molar-refractivity contribution in [1.29, 1.82) is 0 Å². The van der Waals surface area contributed by atoms with Crippen molar-refractivity contribution in [3.63, 3.8) is 0 Å². The summed E-state index contributed by atoms with van der Waals surface area (Å²) in [6, 6.07) is 8.75. The molecule has 0 unspecified atom stereocenters. The van der Waals surface area contributed by atoms with E-state index in [1.54, 1.807) is 42.2 Å². The van der Waals surface area contributed by atoms with Crippen molar-refractivity contribution in [2.75, 3.05) is 18.4 Å². The molecule has 7 nitrogen and oxygen atoms in total. The molecule has 0 fully saturated rings. The lowest BCUT2D eigenvalue weighted by Crippen LogP contribution is -2.30. The summed E-state index contributed by atoms with van der Waals surface area (Å²) in [5.74, 6) is -0.223. The van der Waals surface area contributed by atoms with E-state index in [0.29, 0.717) is 46.7 Å². The lowest BCUT2D eigenvalue weighted by molar-refractivity contribution is 0.0772. The van der Waals surface area contributed by atoms with Crippen LogP contribution in [0.1, 0.15) is 65.7 Å². The second kappa shape index (κ2) is 8.43. The topological polar surface area (TPSA) is 88.3 Å². The van der Waals surface area contributed by atoms with Crippen molar-refractivity contribution < 1.29 is 14.1 Å². The first-order chi connectivity index (χ1) is 13.8. The second-order valence-corrected chi connectivity index (χ2v) is 7.21. The second-order valence-electron chi connectivity index (χ2n) is 7.21. The zero-order valence-electron chi connectivity index (χ0n) is 17.4. The van der Waals surface area contributed by atoms with Gasteiger partial charge in [0.1, 0.15) is 0 Å². The Morgan fingerprint density at radius 1 is 1.17 bits per heavy atom. The van der Waals surface area contributed by atoms with E-state index < -0.39 is 0 Å². The van der Waals surface area contributed by atoms with E-state index in [9.17, 15) is 9.59 Å². The Hall–Kier alpha value is -3.22. The van der Waals surface area contributed by atoms with Gasteiger partial charge in [0, 0.05) is 30.0 Å². The number of hydrogen-bond donors (Lipinski definition) is 1. The van der Waals surface area contributed by atoms with Gasteiger partial charge in [0.25, 0.3) is 17.5 Å². The number of carbonyl (C=O) groups excluding carboxylic acids is 2. The van der Waals surface area contributed by atoms with E-state index in [1.807, 2.05) is 27.7 Å². The number of anilines is 1. The van der Waals surface area contributed by atoms with Crippen LogP contribution in [0, 0.1) is 6.92 Å². The molecule has 152 valence electrons. The quantitative estimate of drug-likeness (QED) is 0.670. The smallest absolute Gasteiger partial charge is 0.259 e. The average Bonchev–Trinajstić information content (AvgIpc) is 3.09. The maximum absolute atomic E-state index is 13.1. The van der Waals surface area contributed by atoms with Crippen molar-refractivity contribution in [3.8, 4) is 0 Å². The number of nitrogens with one attached hydrogen (secondary N) is 1. The zero-order valence-corrected chi connectivity index (χ0v) is 17.4. The molecule has 0 saturated carbocycles. The fraction of sp³-hybridized carbons (Fsp3) is 0.364. The number of nitrogens with zero attached hydrogens (tertiary/aromatic N) is 3. The highest BCUT2D eigenvalue weighted by Gasteiger charge is 2.20. The molecular weight excluding hydrogens is 368 g/mol. The van der Waals surface area contributed by atoms with Gasteiger partial charge in [-0.25, -0.2) is 4.98 Å². The number of pyridine rings is 1. The summed E-state index contributed by atoms with van der Waals surface area (Å²) < 4.78 is 5.29. The Labute approximate surface area is 170 Å². The molecule has 0 radical (unpaired) electrons. The summed E-state index contributed by atoms with van der Waals surface area (Å²) >= 11 is 0. The molecular formula is C22H26N4O3. The Balaban J connectivity index is 1.94. The summed E-state index contributed by atoms with van der Waals surface area (Å²) in [6.07, 6.45) is 0. The fourth-order valence-corrected chi connectivity index (χ4v) is 3.21. The molecule has 0 saturated heterocycles. The van der Waals surface area contributed by atoms with E-state index in [-0.39, 0.29) is 17.7 Å². The van der Waals surface area contributed by atoms with Crippen LogP contribution in [-0.4, -0.2) is 39.9 Å². The highest BCUT2D eigenvalue weighted by molar-refractivity contribution is 6.12. The largest absolute Gasteiger partial charge is 0.339 e. The number of aryl methyl sites for hydroxylation is 1.